The molecule has 1 saturated heterocycles. The van der Waals surface area contributed by atoms with Crippen molar-refractivity contribution in [3.63, 3.8) is 0 Å². The van der Waals surface area contributed by atoms with Gasteiger partial charge in [0.05, 0.1) is 6.61 Å². The second-order valence-corrected chi connectivity index (χ2v) is 12.7. The first kappa shape index (κ1) is 28.4. The predicted molar refractivity (Wildman–Crippen MR) is 161 cm³/mol. The first-order valence-corrected chi connectivity index (χ1v) is 15.1. The van der Waals surface area contributed by atoms with E-state index in [0.29, 0.717) is 11.8 Å². The van der Waals surface area contributed by atoms with Gasteiger partial charge in [-0.15, -0.1) is 0 Å². The zero-order valence-electron chi connectivity index (χ0n) is 24.4. The number of piperidine rings is 1. The maximum absolute atomic E-state index is 12.5. The van der Waals surface area contributed by atoms with Crippen molar-refractivity contribution in [2.24, 2.45) is 17.8 Å². The van der Waals surface area contributed by atoms with Crippen LogP contribution in [0.5, 0.6) is 0 Å². The monoisotopic (exact) mass is 539 g/mol. The Morgan fingerprint density at radius 2 is 1.10 bits per heavy atom. The molecule has 0 unspecified atom stereocenters. The number of benzene rings is 3. The third kappa shape index (κ3) is 6.61. The lowest BCUT2D eigenvalue weighted by Gasteiger charge is -2.41. The first-order chi connectivity index (χ1) is 19.3. The van der Waals surface area contributed by atoms with Crippen LogP contribution >= 0.6 is 0 Å². The van der Waals surface area contributed by atoms with Crippen LogP contribution in [0.1, 0.15) is 76.0 Å². The molecule has 0 atom stereocenters. The molecule has 40 heavy (non-hydrogen) atoms. The highest BCUT2D eigenvalue weighted by Crippen LogP contribution is 2.43. The molecule has 1 aliphatic heterocycles. The quantitative estimate of drug-likeness (QED) is 0.283. The van der Waals surface area contributed by atoms with Crippen LogP contribution in [0.15, 0.2) is 91.0 Å². The van der Waals surface area contributed by atoms with E-state index in [2.05, 4.69) is 91.0 Å². The van der Waals surface area contributed by atoms with Crippen LogP contribution in [-0.4, -0.2) is 36.3 Å². The van der Waals surface area contributed by atoms with E-state index in [-0.39, 0.29) is 6.09 Å². The van der Waals surface area contributed by atoms with E-state index < -0.39 is 11.2 Å². The molecular formula is C36H45NO3. The van der Waals surface area contributed by atoms with Gasteiger partial charge in [0.15, 0.2) is 0 Å². The largest absolute Gasteiger partial charge is 0.444 e. The lowest BCUT2D eigenvalue weighted by molar-refractivity contribution is -0.0212. The summed E-state index contributed by atoms with van der Waals surface area (Å²) in [4.78, 5) is 14.4. The van der Waals surface area contributed by atoms with Crippen molar-refractivity contribution in [2.75, 3.05) is 19.7 Å². The highest BCUT2D eigenvalue weighted by atomic mass is 16.6. The molecule has 3 aromatic carbocycles. The number of hydrogen-bond donors (Lipinski definition) is 0. The Hall–Kier alpha value is -3.11. The van der Waals surface area contributed by atoms with Gasteiger partial charge in [0.25, 0.3) is 0 Å². The van der Waals surface area contributed by atoms with Gasteiger partial charge in [0.2, 0.25) is 0 Å². The maximum atomic E-state index is 12.5. The fraction of sp³-hybridized carbons (Fsp3) is 0.472. The number of rotatable bonds is 7. The standard InChI is InChI=1S/C36H45NO3/c1-35(2,3)40-34(38)37-25-23-30(24-26-37)29-21-19-28(20-22-29)27-39-36(31-13-7-4-8-14-31,32-15-9-5-10-16-32)33-17-11-6-12-18-33/h4-18,28-30H,19-27H2,1-3H3. The summed E-state index contributed by atoms with van der Waals surface area (Å²) in [6.45, 7) is 8.17. The lowest BCUT2D eigenvalue weighted by Crippen LogP contribution is -2.43. The average molecular weight is 540 g/mol. The minimum atomic E-state index is -0.644. The van der Waals surface area contributed by atoms with E-state index in [0.717, 1.165) is 55.1 Å². The molecular weight excluding hydrogens is 494 g/mol. The van der Waals surface area contributed by atoms with Crippen molar-refractivity contribution in [1.82, 2.24) is 4.90 Å². The predicted octanol–water partition coefficient (Wildman–Crippen LogP) is 8.45. The van der Waals surface area contributed by atoms with E-state index in [1.807, 2.05) is 25.7 Å². The molecule has 1 saturated carbocycles. The molecule has 1 heterocycles. The summed E-state index contributed by atoms with van der Waals surface area (Å²) < 4.78 is 12.7. The lowest BCUT2D eigenvalue weighted by atomic mass is 9.73. The maximum Gasteiger partial charge on any atom is 0.410 e. The van der Waals surface area contributed by atoms with Crippen LogP contribution in [0.4, 0.5) is 4.79 Å². The second-order valence-electron chi connectivity index (χ2n) is 12.7. The number of ether oxygens (including phenoxy) is 2. The summed E-state index contributed by atoms with van der Waals surface area (Å²) in [5.41, 5.74) is 2.41. The molecule has 0 bridgehead atoms. The molecule has 1 aliphatic carbocycles. The Balaban J connectivity index is 1.23. The van der Waals surface area contributed by atoms with Gasteiger partial charge in [-0.1, -0.05) is 91.0 Å². The second kappa shape index (κ2) is 12.6. The van der Waals surface area contributed by atoms with E-state index in [9.17, 15) is 4.79 Å². The Labute approximate surface area is 240 Å². The van der Waals surface area contributed by atoms with Crippen molar-refractivity contribution >= 4 is 6.09 Å². The van der Waals surface area contributed by atoms with E-state index in [4.69, 9.17) is 9.47 Å². The van der Waals surface area contributed by atoms with Crippen molar-refractivity contribution < 1.29 is 14.3 Å². The first-order valence-electron chi connectivity index (χ1n) is 15.1. The highest BCUT2D eigenvalue weighted by Gasteiger charge is 2.39. The van der Waals surface area contributed by atoms with Gasteiger partial charge in [-0.05, 0) is 93.7 Å². The fourth-order valence-corrected chi connectivity index (χ4v) is 6.72. The third-order valence-electron chi connectivity index (χ3n) is 8.83. The smallest absolute Gasteiger partial charge is 0.410 e. The Morgan fingerprint density at radius 1 is 0.675 bits per heavy atom. The molecule has 0 N–H and O–H groups in total. The number of nitrogens with zero attached hydrogens (tertiary/aromatic N) is 1. The molecule has 0 radical (unpaired) electrons. The number of carbonyl (C=O) groups excluding carboxylic acids is 1. The van der Waals surface area contributed by atoms with Crippen LogP contribution in [0.25, 0.3) is 0 Å². The van der Waals surface area contributed by atoms with Gasteiger partial charge in [0.1, 0.15) is 11.2 Å². The summed E-state index contributed by atoms with van der Waals surface area (Å²) in [7, 11) is 0. The zero-order valence-corrected chi connectivity index (χ0v) is 24.4. The van der Waals surface area contributed by atoms with Crippen molar-refractivity contribution in [1.29, 1.82) is 0 Å². The normalized spacial score (nSPS) is 20.7. The Morgan fingerprint density at radius 3 is 1.52 bits per heavy atom. The fourth-order valence-electron chi connectivity index (χ4n) is 6.72. The Bertz CT molecular complexity index is 1090. The molecule has 2 fully saturated rings. The minimum absolute atomic E-state index is 0.162. The van der Waals surface area contributed by atoms with E-state index in [1.165, 1.54) is 25.7 Å². The zero-order chi connectivity index (χ0) is 28.0. The number of amides is 1. The van der Waals surface area contributed by atoms with E-state index >= 15 is 0 Å². The summed E-state index contributed by atoms with van der Waals surface area (Å²) >= 11 is 0. The summed E-state index contributed by atoms with van der Waals surface area (Å²) in [5.74, 6) is 2.00. The molecule has 0 spiro atoms. The molecule has 1 amide bonds. The molecule has 212 valence electrons. The molecule has 4 heteroatoms. The molecule has 3 aromatic rings. The molecule has 0 aromatic heterocycles. The van der Waals surface area contributed by atoms with Gasteiger partial charge in [-0.3, -0.25) is 0 Å². The highest BCUT2D eigenvalue weighted by molar-refractivity contribution is 5.68. The van der Waals surface area contributed by atoms with Gasteiger partial charge >= 0.3 is 6.09 Å². The third-order valence-corrected chi connectivity index (χ3v) is 8.83. The molecule has 5 rings (SSSR count). The van der Waals surface area contributed by atoms with E-state index in [1.54, 1.807) is 0 Å². The van der Waals surface area contributed by atoms with Crippen molar-refractivity contribution in [3.8, 4) is 0 Å². The number of likely N-dealkylation sites (tertiary alicyclic amines) is 1. The van der Waals surface area contributed by atoms with Crippen LogP contribution in [0.3, 0.4) is 0 Å². The van der Waals surface area contributed by atoms with Gasteiger partial charge in [-0.25, -0.2) is 4.79 Å². The summed E-state index contributed by atoms with van der Waals surface area (Å²) in [6, 6.07) is 32.0. The molecule has 2 aliphatic rings. The van der Waals surface area contributed by atoms with Crippen molar-refractivity contribution in [3.05, 3.63) is 108 Å². The topological polar surface area (TPSA) is 38.8 Å². The van der Waals surface area contributed by atoms with Gasteiger partial charge in [-0.2, -0.15) is 0 Å². The Kier molecular flexibility index (Phi) is 8.95. The van der Waals surface area contributed by atoms with Crippen LogP contribution in [0, 0.1) is 17.8 Å². The SMILES string of the molecule is CC(C)(C)OC(=O)N1CCC(C2CCC(COC(c3ccccc3)(c3ccccc3)c3ccccc3)CC2)CC1. The minimum Gasteiger partial charge on any atom is -0.444 e. The molecule has 4 nitrogen and oxygen atoms in total. The number of hydrogen-bond acceptors (Lipinski definition) is 3. The number of carbonyl (C=O) groups is 1. The van der Waals surface area contributed by atoms with Gasteiger partial charge in [0, 0.05) is 13.1 Å². The van der Waals surface area contributed by atoms with Gasteiger partial charge < -0.3 is 14.4 Å². The summed E-state index contributed by atoms with van der Waals surface area (Å²) in [5, 5.41) is 0. The average Bonchev–Trinajstić information content (AvgIpc) is 2.99. The van der Waals surface area contributed by atoms with Crippen LogP contribution in [-0.2, 0) is 15.1 Å². The van der Waals surface area contributed by atoms with Crippen LogP contribution < -0.4 is 0 Å². The van der Waals surface area contributed by atoms with Crippen molar-refractivity contribution in [2.45, 2.75) is 70.5 Å². The summed E-state index contributed by atoms with van der Waals surface area (Å²) in [6.07, 6.45) is 6.91. The van der Waals surface area contributed by atoms with Crippen LogP contribution in [0.2, 0.25) is 0 Å².